The molecular weight excluding hydrogens is 226 g/mol. The van der Waals surface area contributed by atoms with Gasteiger partial charge >= 0.3 is 0 Å². The summed E-state index contributed by atoms with van der Waals surface area (Å²) in [6.45, 7) is 1.99. The van der Waals surface area contributed by atoms with E-state index < -0.39 is 6.04 Å². The first-order valence-corrected chi connectivity index (χ1v) is 5.70. The number of nitrogens with one attached hydrogen (secondary N) is 1. The molecule has 0 aliphatic heterocycles. The van der Waals surface area contributed by atoms with E-state index in [0.717, 1.165) is 11.1 Å². The van der Waals surface area contributed by atoms with Crippen LogP contribution in [0.5, 0.6) is 0 Å². The fourth-order valence-corrected chi connectivity index (χ4v) is 1.58. The van der Waals surface area contributed by atoms with Gasteiger partial charge in [0, 0.05) is 6.20 Å². The summed E-state index contributed by atoms with van der Waals surface area (Å²) in [5, 5.41) is 2.73. The summed E-state index contributed by atoms with van der Waals surface area (Å²) in [5.74, 6) is -0.244. The first-order valence-electron chi connectivity index (χ1n) is 5.70. The Labute approximate surface area is 106 Å². The van der Waals surface area contributed by atoms with E-state index in [-0.39, 0.29) is 5.91 Å². The number of pyridine rings is 1. The molecule has 2 aromatic rings. The minimum atomic E-state index is -0.675. The molecule has 4 heteroatoms. The van der Waals surface area contributed by atoms with Gasteiger partial charge in [0.05, 0.1) is 11.9 Å². The van der Waals surface area contributed by atoms with Crippen LogP contribution in [0, 0.1) is 6.92 Å². The first kappa shape index (κ1) is 12.3. The van der Waals surface area contributed by atoms with Crippen molar-refractivity contribution in [2.45, 2.75) is 13.0 Å². The predicted octanol–water partition coefficient (Wildman–Crippen LogP) is 2.03. The zero-order chi connectivity index (χ0) is 13.0. The van der Waals surface area contributed by atoms with Gasteiger partial charge in [0.1, 0.15) is 6.04 Å². The lowest BCUT2D eigenvalue weighted by atomic mass is 10.1. The molecule has 1 heterocycles. The summed E-state index contributed by atoms with van der Waals surface area (Å²) in [7, 11) is 0. The van der Waals surface area contributed by atoms with E-state index in [9.17, 15) is 4.79 Å². The number of aromatic nitrogens is 1. The quantitative estimate of drug-likeness (QED) is 0.864. The molecule has 18 heavy (non-hydrogen) atoms. The molecule has 2 rings (SSSR count). The number of amides is 1. The normalized spacial score (nSPS) is 11.9. The molecule has 92 valence electrons. The van der Waals surface area contributed by atoms with Crippen molar-refractivity contribution in [2.75, 3.05) is 5.32 Å². The molecule has 4 nitrogen and oxygen atoms in total. The van der Waals surface area contributed by atoms with Gasteiger partial charge in [-0.25, -0.2) is 0 Å². The Hall–Kier alpha value is -2.20. The van der Waals surface area contributed by atoms with Gasteiger partial charge in [0.15, 0.2) is 0 Å². The summed E-state index contributed by atoms with van der Waals surface area (Å²) < 4.78 is 0. The lowest BCUT2D eigenvalue weighted by Crippen LogP contribution is -2.27. The van der Waals surface area contributed by atoms with Crippen molar-refractivity contribution in [3.63, 3.8) is 0 Å². The van der Waals surface area contributed by atoms with E-state index in [1.807, 2.05) is 31.2 Å². The maximum absolute atomic E-state index is 11.9. The van der Waals surface area contributed by atoms with Gasteiger partial charge in [-0.3, -0.25) is 9.78 Å². The van der Waals surface area contributed by atoms with Crippen molar-refractivity contribution >= 4 is 11.6 Å². The average molecular weight is 241 g/mol. The number of carbonyl (C=O) groups excluding carboxylic acids is 1. The molecule has 1 unspecified atom stereocenters. The first-order chi connectivity index (χ1) is 8.66. The van der Waals surface area contributed by atoms with Crippen molar-refractivity contribution in [3.05, 3.63) is 59.9 Å². The van der Waals surface area contributed by atoms with Crippen LogP contribution in [0.1, 0.15) is 17.2 Å². The molecule has 0 bridgehead atoms. The van der Waals surface area contributed by atoms with Crippen molar-refractivity contribution in [3.8, 4) is 0 Å². The largest absolute Gasteiger partial charge is 0.323 e. The summed E-state index contributed by atoms with van der Waals surface area (Å²) in [6.07, 6.45) is 3.23. The van der Waals surface area contributed by atoms with E-state index in [2.05, 4.69) is 10.3 Å². The Bertz CT molecular complexity index is 522. The number of nitrogens with zero attached hydrogens (tertiary/aromatic N) is 1. The van der Waals surface area contributed by atoms with E-state index in [4.69, 9.17) is 5.73 Å². The molecule has 0 saturated carbocycles. The third-order valence-corrected chi connectivity index (χ3v) is 2.65. The summed E-state index contributed by atoms with van der Waals surface area (Å²) >= 11 is 0. The predicted molar refractivity (Wildman–Crippen MR) is 71.0 cm³/mol. The number of hydrogen-bond acceptors (Lipinski definition) is 3. The number of benzene rings is 1. The topological polar surface area (TPSA) is 68.0 Å². The molecule has 0 fully saturated rings. The maximum atomic E-state index is 11.9. The Balaban J connectivity index is 2.07. The van der Waals surface area contributed by atoms with Crippen LogP contribution in [0.4, 0.5) is 5.69 Å². The molecule has 0 saturated heterocycles. The van der Waals surface area contributed by atoms with Crippen LogP contribution in [0.3, 0.4) is 0 Å². The number of hydrogen-bond donors (Lipinski definition) is 2. The van der Waals surface area contributed by atoms with Gasteiger partial charge in [-0.05, 0) is 24.6 Å². The second-order valence-electron chi connectivity index (χ2n) is 4.12. The SMILES string of the molecule is Cc1ccc(C(N)C(=O)Nc2cccnc2)cc1. The Morgan fingerprint density at radius 2 is 2.00 bits per heavy atom. The maximum Gasteiger partial charge on any atom is 0.245 e. The Morgan fingerprint density at radius 1 is 1.28 bits per heavy atom. The summed E-state index contributed by atoms with van der Waals surface area (Å²) in [6, 6.07) is 10.5. The number of rotatable bonds is 3. The zero-order valence-electron chi connectivity index (χ0n) is 10.1. The van der Waals surface area contributed by atoms with Crippen molar-refractivity contribution in [2.24, 2.45) is 5.73 Å². The Kier molecular flexibility index (Phi) is 3.69. The molecule has 1 aromatic carbocycles. The van der Waals surface area contributed by atoms with Gasteiger partial charge in [-0.15, -0.1) is 0 Å². The molecule has 3 N–H and O–H groups in total. The molecule has 1 amide bonds. The monoisotopic (exact) mass is 241 g/mol. The number of anilines is 1. The molecule has 0 aliphatic rings. The average Bonchev–Trinajstić information content (AvgIpc) is 2.40. The standard InChI is InChI=1S/C14H15N3O/c1-10-4-6-11(7-5-10)13(15)14(18)17-12-3-2-8-16-9-12/h2-9,13H,15H2,1H3,(H,17,18). The van der Waals surface area contributed by atoms with Crippen molar-refractivity contribution in [1.82, 2.24) is 4.98 Å². The smallest absolute Gasteiger partial charge is 0.245 e. The highest BCUT2D eigenvalue weighted by Crippen LogP contribution is 2.14. The van der Waals surface area contributed by atoms with Gasteiger partial charge < -0.3 is 11.1 Å². The highest BCUT2D eigenvalue weighted by Gasteiger charge is 2.15. The van der Waals surface area contributed by atoms with Crippen LogP contribution in [-0.2, 0) is 4.79 Å². The second-order valence-corrected chi connectivity index (χ2v) is 4.12. The lowest BCUT2D eigenvalue weighted by molar-refractivity contribution is -0.117. The molecule has 0 radical (unpaired) electrons. The van der Waals surface area contributed by atoms with E-state index >= 15 is 0 Å². The fourth-order valence-electron chi connectivity index (χ4n) is 1.58. The van der Waals surface area contributed by atoms with Crippen LogP contribution in [0.2, 0.25) is 0 Å². The van der Waals surface area contributed by atoms with E-state index in [0.29, 0.717) is 5.69 Å². The minimum Gasteiger partial charge on any atom is -0.323 e. The molecular formula is C14H15N3O. The van der Waals surface area contributed by atoms with Crippen molar-refractivity contribution < 1.29 is 4.79 Å². The van der Waals surface area contributed by atoms with Crippen LogP contribution in [-0.4, -0.2) is 10.9 Å². The van der Waals surface area contributed by atoms with Crippen LogP contribution in [0.25, 0.3) is 0 Å². The highest BCUT2D eigenvalue weighted by atomic mass is 16.2. The number of carbonyl (C=O) groups is 1. The van der Waals surface area contributed by atoms with Crippen LogP contribution in [0.15, 0.2) is 48.8 Å². The molecule has 0 spiro atoms. The second kappa shape index (κ2) is 5.42. The Morgan fingerprint density at radius 3 is 2.61 bits per heavy atom. The minimum absolute atomic E-state index is 0.244. The third kappa shape index (κ3) is 2.93. The summed E-state index contributed by atoms with van der Waals surface area (Å²) in [5.41, 5.74) is 8.48. The van der Waals surface area contributed by atoms with E-state index in [1.54, 1.807) is 24.5 Å². The van der Waals surface area contributed by atoms with E-state index in [1.165, 1.54) is 0 Å². The fraction of sp³-hybridized carbons (Fsp3) is 0.143. The van der Waals surface area contributed by atoms with Gasteiger partial charge in [-0.2, -0.15) is 0 Å². The van der Waals surface area contributed by atoms with Gasteiger partial charge in [0.25, 0.3) is 0 Å². The number of aryl methyl sites for hydroxylation is 1. The number of nitrogens with two attached hydrogens (primary N) is 1. The van der Waals surface area contributed by atoms with Gasteiger partial charge in [0.2, 0.25) is 5.91 Å². The van der Waals surface area contributed by atoms with Crippen LogP contribution < -0.4 is 11.1 Å². The summed E-state index contributed by atoms with van der Waals surface area (Å²) in [4.78, 5) is 15.9. The van der Waals surface area contributed by atoms with Crippen molar-refractivity contribution in [1.29, 1.82) is 0 Å². The molecule has 0 aliphatic carbocycles. The zero-order valence-corrected chi connectivity index (χ0v) is 10.1. The third-order valence-electron chi connectivity index (χ3n) is 2.65. The lowest BCUT2D eigenvalue weighted by Gasteiger charge is -2.12. The highest BCUT2D eigenvalue weighted by molar-refractivity contribution is 5.95. The molecule has 1 aromatic heterocycles. The molecule has 1 atom stereocenters. The van der Waals surface area contributed by atoms with Crippen LogP contribution >= 0.6 is 0 Å². The van der Waals surface area contributed by atoms with Gasteiger partial charge in [-0.1, -0.05) is 29.8 Å².